The highest BCUT2D eigenvalue weighted by molar-refractivity contribution is 7.21. The number of rotatable bonds is 3. The Morgan fingerprint density at radius 2 is 1.88 bits per heavy atom. The molecular weight excluding hydrogens is 316 g/mol. The van der Waals surface area contributed by atoms with Gasteiger partial charge in [-0.3, -0.25) is 9.36 Å². The van der Waals surface area contributed by atoms with Crippen LogP contribution in [0.2, 0.25) is 0 Å². The van der Waals surface area contributed by atoms with Crippen LogP contribution in [0.15, 0.2) is 71.8 Å². The van der Waals surface area contributed by atoms with Crippen LogP contribution in [0.25, 0.3) is 20.7 Å². The molecular formula is C20H16N2OS. The number of thiophene rings is 1. The molecule has 0 aliphatic carbocycles. The average Bonchev–Trinajstić information content (AvgIpc) is 3.03. The number of hydrogen-bond donors (Lipinski definition) is 0. The smallest absolute Gasteiger partial charge is 0.262 e. The molecule has 118 valence electrons. The van der Waals surface area contributed by atoms with Gasteiger partial charge in [0, 0.05) is 4.88 Å². The zero-order valence-corrected chi connectivity index (χ0v) is 14.1. The summed E-state index contributed by atoms with van der Waals surface area (Å²) < 4.78 is 1.68. The fourth-order valence-corrected chi connectivity index (χ4v) is 3.82. The molecule has 0 atom stereocenters. The van der Waals surface area contributed by atoms with Crippen LogP contribution in [-0.4, -0.2) is 9.55 Å². The topological polar surface area (TPSA) is 34.9 Å². The molecule has 0 bridgehead atoms. The Labute approximate surface area is 143 Å². The average molecular weight is 332 g/mol. The van der Waals surface area contributed by atoms with Gasteiger partial charge < -0.3 is 0 Å². The zero-order chi connectivity index (χ0) is 16.5. The van der Waals surface area contributed by atoms with E-state index in [4.69, 9.17) is 0 Å². The Bertz CT molecular complexity index is 1060. The van der Waals surface area contributed by atoms with E-state index in [0.717, 1.165) is 20.8 Å². The van der Waals surface area contributed by atoms with Crippen LogP contribution >= 0.6 is 11.3 Å². The van der Waals surface area contributed by atoms with Crippen molar-refractivity contribution < 1.29 is 0 Å². The molecule has 4 rings (SSSR count). The Morgan fingerprint density at radius 3 is 2.67 bits per heavy atom. The molecule has 2 aromatic heterocycles. The molecule has 0 radical (unpaired) electrons. The van der Waals surface area contributed by atoms with E-state index in [1.54, 1.807) is 22.2 Å². The van der Waals surface area contributed by atoms with Gasteiger partial charge in [0.1, 0.15) is 4.83 Å². The number of fused-ring (bicyclic) bond motifs is 1. The Balaban J connectivity index is 1.76. The van der Waals surface area contributed by atoms with E-state index in [-0.39, 0.29) is 5.56 Å². The van der Waals surface area contributed by atoms with Crippen molar-refractivity contribution >= 4 is 21.6 Å². The van der Waals surface area contributed by atoms with Gasteiger partial charge >= 0.3 is 0 Å². The van der Waals surface area contributed by atoms with Crippen molar-refractivity contribution in [3.05, 3.63) is 88.5 Å². The lowest BCUT2D eigenvalue weighted by Crippen LogP contribution is -2.20. The molecule has 0 saturated heterocycles. The summed E-state index contributed by atoms with van der Waals surface area (Å²) >= 11 is 1.56. The predicted molar refractivity (Wildman–Crippen MR) is 99.6 cm³/mol. The molecule has 0 spiro atoms. The Morgan fingerprint density at radius 1 is 1.04 bits per heavy atom. The standard InChI is InChI=1S/C20H16N2OS/c1-14-6-5-7-15(10-14)12-22-13-21-19-17(20(22)23)11-18(24-19)16-8-3-2-4-9-16/h2-11,13H,12H2,1H3. The first-order chi connectivity index (χ1) is 11.7. The predicted octanol–water partition coefficient (Wildman–Crippen LogP) is 4.48. The molecule has 4 heteroatoms. The Kier molecular flexibility index (Phi) is 3.75. The van der Waals surface area contributed by atoms with E-state index in [1.165, 1.54) is 5.56 Å². The first-order valence-corrected chi connectivity index (χ1v) is 8.62. The highest BCUT2D eigenvalue weighted by atomic mass is 32.1. The summed E-state index contributed by atoms with van der Waals surface area (Å²) in [5.74, 6) is 0. The van der Waals surface area contributed by atoms with Crippen LogP contribution in [0.5, 0.6) is 0 Å². The molecule has 0 fully saturated rings. The number of aryl methyl sites for hydroxylation is 1. The number of nitrogens with zero attached hydrogens (tertiary/aromatic N) is 2. The van der Waals surface area contributed by atoms with Gasteiger partial charge in [-0.15, -0.1) is 11.3 Å². The lowest BCUT2D eigenvalue weighted by atomic mass is 10.1. The van der Waals surface area contributed by atoms with E-state index >= 15 is 0 Å². The molecule has 0 N–H and O–H groups in total. The molecule has 3 nitrogen and oxygen atoms in total. The van der Waals surface area contributed by atoms with Crippen molar-refractivity contribution in [2.45, 2.75) is 13.5 Å². The zero-order valence-electron chi connectivity index (χ0n) is 13.3. The number of hydrogen-bond acceptors (Lipinski definition) is 3. The minimum absolute atomic E-state index is 0.0138. The van der Waals surface area contributed by atoms with Gasteiger partial charge in [0.25, 0.3) is 5.56 Å². The van der Waals surface area contributed by atoms with Crippen LogP contribution in [0.3, 0.4) is 0 Å². The minimum Gasteiger partial charge on any atom is -0.294 e. The third kappa shape index (κ3) is 2.76. The van der Waals surface area contributed by atoms with Crippen LogP contribution in [0, 0.1) is 6.92 Å². The Hall–Kier alpha value is -2.72. The normalized spacial score (nSPS) is 11.0. The highest BCUT2D eigenvalue weighted by Gasteiger charge is 2.10. The molecule has 24 heavy (non-hydrogen) atoms. The molecule has 4 aromatic rings. The summed E-state index contributed by atoms with van der Waals surface area (Å²) in [5.41, 5.74) is 3.43. The van der Waals surface area contributed by atoms with E-state index in [0.29, 0.717) is 11.9 Å². The van der Waals surface area contributed by atoms with Crippen molar-refractivity contribution in [3.8, 4) is 10.4 Å². The summed E-state index contributed by atoms with van der Waals surface area (Å²) in [7, 11) is 0. The van der Waals surface area contributed by atoms with Gasteiger partial charge in [-0.1, -0.05) is 60.2 Å². The van der Waals surface area contributed by atoms with Crippen LogP contribution in [0.4, 0.5) is 0 Å². The molecule has 0 unspecified atom stereocenters. The van der Waals surface area contributed by atoms with Gasteiger partial charge in [-0.2, -0.15) is 0 Å². The SMILES string of the molecule is Cc1cccc(Cn2cnc3sc(-c4ccccc4)cc3c2=O)c1. The maximum atomic E-state index is 12.8. The number of benzene rings is 2. The maximum Gasteiger partial charge on any atom is 0.262 e. The van der Waals surface area contributed by atoms with Crippen molar-refractivity contribution in [3.63, 3.8) is 0 Å². The van der Waals surface area contributed by atoms with E-state index in [1.807, 2.05) is 36.4 Å². The van der Waals surface area contributed by atoms with Crippen molar-refractivity contribution in [2.75, 3.05) is 0 Å². The van der Waals surface area contributed by atoms with Crippen LogP contribution < -0.4 is 5.56 Å². The van der Waals surface area contributed by atoms with Gasteiger partial charge in [0.2, 0.25) is 0 Å². The van der Waals surface area contributed by atoms with E-state index in [9.17, 15) is 4.79 Å². The molecule has 2 heterocycles. The van der Waals surface area contributed by atoms with Crippen molar-refractivity contribution in [2.24, 2.45) is 0 Å². The van der Waals surface area contributed by atoms with Gasteiger partial charge in [0.15, 0.2) is 0 Å². The molecule has 0 aliphatic heterocycles. The minimum atomic E-state index is 0.0138. The molecule has 0 saturated carbocycles. The summed E-state index contributed by atoms with van der Waals surface area (Å²) in [6.07, 6.45) is 1.65. The summed E-state index contributed by atoms with van der Waals surface area (Å²) in [4.78, 5) is 19.1. The van der Waals surface area contributed by atoms with E-state index < -0.39 is 0 Å². The van der Waals surface area contributed by atoms with Crippen LogP contribution in [-0.2, 0) is 6.54 Å². The second-order valence-corrected chi connectivity index (χ2v) is 6.89. The highest BCUT2D eigenvalue weighted by Crippen LogP contribution is 2.30. The summed E-state index contributed by atoms with van der Waals surface area (Å²) in [5, 5.41) is 0.689. The lowest BCUT2D eigenvalue weighted by molar-refractivity contribution is 0.749. The third-order valence-electron chi connectivity index (χ3n) is 4.01. The van der Waals surface area contributed by atoms with Crippen molar-refractivity contribution in [1.29, 1.82) is 0 Å². The van der Waals surface area contributed by atoms with Crippen molar-refractivity contribution in [1.82, 2.24) is 9.55 Å². The van der Waals surface area contributed by atoms with E-state index in [2.05, 4.69) is 36.2 Å². The van der Waals surface area contributed by atoms with Gasteiger partial charge in [-0.05, 0) is 24.1 Å². The monoisotopic (exact) mass is 332 g/mol. The fraction of sp³-hybridized carbons (Fsp3) is 0.100. The third-order valence-corrected chi connectivity index (χ3v) is 5.10. The lowest BCUT2D eigenvalue weighted by Gasteiger charge is -2.06. The second kappa shape index (κ2) is 6.06. The number of aromatic nitrogens is 2. The molecule has 2 aromatic carbocycles. The van der Waals surface area contributed by atoms with Crippen LogP contribution in [0.1, 0.15) is 11.1 Å². The summed E-state index contributed by atoms with van der Waals surface area (Å²) in [6, 6.07) is 20.3. The quantitative estimate of drug-likeness (QED) is 0.554. The molecule has 0 aliphatic rings. The molecule has 0 amide bonds. The van der Waals surface area contributed by atoms with Gasteiger partial charge in [0.05, 0.1) is 18.3 Å². The fourth-order valence-electron chi connectivity index (χ4n) is 2.82. The largest absolute Gasteiger partial charge is 0.294 e. The second-order valence-electron chi connectivity index (χ2n) is 5.86. The first-order valence-electron chi connectivity index (χ1n) is 7.81. The summed E-state index contributed by atoms with van der Waals surface area (Å²) in [6.45, 7) is 2.60. The maximum absolute atomic E-state index is 12.8. The first kappa shape index (κ1) is 14.8. The van der Waals surface area contributed by atoms with Gasteiger partial charge in [-0.25, -0.2) is 4.98 Å².